The van der Waals surface area contributed by atoms with Crippen LogP contribution < -0.4 is 9.47 Å². The highest BCUT2D eigenvalue weighted by atomic mass is 16.7. The van der Waals surface area contributed by atoms with Crippen molar-refractivity contribution in [3.63, 3.8) is 0 Å². The highest BCUT2D eigenvalue weighted by Gasteiger charge is 2.45. The molecule has 15 nitrogen and oxygen atoms in total. The Morgan fingerprint density at radius 1 is 0.667 bits per heavy atom. The molecule has 2 fully saturated rings. The summed E-state index contributed by atoms with van der Waals surface area (Å²) in [6, 6.07) is 9.63. The average Bonchev–Trinajstić information content (AvgIpc) is 3.09. The Morgan fingerprint density at radius 3 is 1.69 bits per heavy atom. The van der Waals surface area contributed by atoms with E-state index in [2.05, 4.69) is 0 Å². The third kappa shape index (κ3) is 8.86. The largest absolute Gasteiger partial charge is 0.504 e. The lowest BCUT2D eigenvalue weighted by Crippen LogP contribution is -2.59. The summed E-state index contributed by atoms with van der Waals surface area (Å²) in [5, 5.41) is 102. The molecule has 48 heavy (non-hydrogen) atoms. The van der Waals surface area contributed by atoms with Crippen molar-refractivity contribution >= 4 is 0 Å². The van der Waals surface area contributed by atoms with E-state index in [9.17, 15) is 51.1 Å². The molecule has 2 aliphatic rings. The van der Waals surface area contributed by atoms with Crippen LogP contribution in [0.5, 0.6) is 23.0 Å². The SMILES string of the molecule is COc1cc(C[C@@H](CO[C@@H]2O[C@H](CO)[C@@H](O)[C@H](O)[C@H]2O)[C@H](CO[C@@H]2C[C@H](CO)[C@@H](O)[C@H](O)[C@H]2O)Cc2ccc(O)c(OC)c2)ccc1O. The van der Waals surface area contributed by atoms with Crippen LogP contribution in [0, 0.1) is 17.8 Å². The number of aliphatic hydroxyl groups excluding tert-OH is 8. The molecule has 2 aromatic carbocycles. The maximum absolute atomic E-state index is 10.7. The Balaban J connectivity index is 1.66. The van der Waals surface area contributed by atoms with Crippen molar-refractivity contribution in [3.8, 4) is 23.0 Å². The number of phenolic OH excluding ortho intramolecular Hbond substituents is 2. The summed E-state index contributed by atoms with van der Waals surface area (Å²) in [5.41, 5.74) is 1.45. The van der Waals surface area contributed by atoms with Crippen molar-refractivity contribution in [2.45, 2.75) is 74.4 Å². The summed E-state index contributed by atoms with van der Waals surface area (Å²) in [6.45, 7) is -1.23. The molecule has 0 spiro atoms. The molecule has 10 N–H and O–H groups in total. The van der Waals surface area contributed by atoms with E-state index in [0.29, 0.717) is 6.42 Å². The topological polar surface area (TPSA) is 248 Å². The van der Waals surface area contributed by atoms with Gasteiger partial charge in [-0.2, -0.15) is 0 Å². The molecule has 1 aliphatic carbocycles. The first-order valence-electron chi connectivity index (χ1n) is 15.8. The van der Waals surface area contributed by atoms with E-state index in [4.69, 9.17) is 23.7 Å². The normalized spacial score (nSPS) is 32.0. The van der Waals surface area contributed by atoms with Crippen LogP contribution in [-0.4, -0.2) is 147 Å². The molecular weight excluding hydrogens is 636 g/mol. The lowest BCUT2D eigenvalue weighted by Gasteiger charge is -2.41. The molecule has 4 rings (SSSR count). The van der Waals surface area contributed by atoms with Gasteiger partial charge in [0.15, 0.2) is 29.3 Å². The smallest absolute Gasteiger partial charge is 0.186 e. The fourth-order valence-corrected chi connectivity index (χ4v) is 6.32. The minimum absolute atomic E-state index is 0.0379. The van der Waals surface area contributed by atoms with Gasteiger partial charge in [0.2, 0.25) is 0 Å². The Morgan fingerprint density at radius 2 is 1.19 bits per heavy atom. The van der Waals surface area contributed by atoms with Gasteiger partial charge in [0.1, 0.15) is 36.6 Å². The van der Waals surface area contributed by atoms with Crippen LogP contribution in [0.15, 0.2) is 36.4 Å². The lowest BCUT2D eigenvalue weighted by molar-refractivity contribution is -0.304. The van der Waals surface area contributed by atoms with E-state index in [1.54, 1.807) is 24.3 Å². The van der Waals surface area contributed by atoms with Gasteiger partial charge in [-0.1, -0.05) is 12.1 Å². The fourth-order valence-electron chi connectivity index (χ4n) is 6.32. The molecule has 0 unspecified atom stereocenters. The number of hydrogen-bond donors (Lipinski definition) is 10. The van der Waals surface area contributed by atoms with Gasteiger partial charge < -0.3 is 74.7 Å². The number of ether oxygens (including phenoxy) is 5. The first-order chi connectivity index (χ1) is 22.9. The first-order valence-corrected chi connectivity index (χ1v) is 15.8. The summed E-state index contributed by atoms with van der Waals surface area (Å²) >= 11 is 0. The lowest BCUT2D eigenvalue weighted by atomic mass is 9.80. The molecule has 2 aromatic rings. The van der Waals surface area contributed by atoms with Crippen LogP contribution in [0.1, 0.15) is 17.5 Å². The van der Waals surface area contributed by atoms with E-state index in [0.717, 1.165) is 11.1 Å². The number of aromatic hydroxyl groups is 2. The maximum atomic E-state index is 10.7. The van der Waals surface area contributed by atoms with Crippen molar-refractivity contribution in [3.05, 3.63) is 47.5 Å². The third-order valence-corrected chi connectivity index (χ3v) is 9.33. The summed E-state index contributed by atoms with van der Waals surface area (Å²) in [4.78, 5) is 0. The second-order valence-corrected chi connectivity index (χ2v) is 12.5. The highest BCUT2D eigenvalue weighted by molar-refractivity contribution is 5.43. The Kier molecular flexibility index (Phi) is 13.6. The monoisotopic (exact) mass is 684 g/mol. The number of rotatable bonds is 15. The van der Waals surface area contributed by atoms with Crippen molar-refractivity contribution < 1.29 is 74.7 Å². The zero-order valence-corrected chi connectivity index (χ0v) is 26.9. The van der Waals surface area contributed by atoms with E-state index < -0.39 is 86.1 Å². The fraction of sp³-hybridized carbons (Fsp3) is 0.636. The van der Waals surface area contributed by atoms with Gasteiger partial charge >= 0.3 is 0 Å². The van der Waals surface area contributed by atoms with Crippen LogP contribution in [0.4, 0.5) is 0 Å². The average molecular weight is 685 g/mol. The number of methoxy groups -OCH3 is 2. The number of hydrogen-bond acceptors (Lipinski definition) is 15. The van der Waals surface area contributed by atoms with Gasteiger partial charge in [0.05, 0.1) is 46.2 Å². The molecule has 0 amide bonds. The molecular formula is C33H48O15. The molecule has 0 radical (unpaired) electrons. The van der Waals surface area contributed by atoms with Crippen LogP contribution in [-0.2, 0) is 27.1 Å². The van der Waals surface area contributed by atoms with E-state index in [-0.39, 0.29) is 49.1 Å². The number of phenols is 2. The number of aliphatic hydroxyl groups is 8. The van der Waals surface area contributed by atoms with Crippen LogP contribution in [0.25, 0.3) is 0 Å². The second kappa shape index (κ2) is 17.2. The number of benzene rings is 2. The van der Waals surface area contributed by atoms with Crippen LogP contribution in [0.2, 0.25) is 0 Å². The summed E-state index contributed by atoms with van der Waals surface area (Å²) in [5.74, 6) is -1.37. The van der Waals surface area contributed by atoms with Gasteiger partial charge in [-0.3, -0.25) is 0 Å². The quantitative estimate of drug-likeness (QED) is 0.102. The second-order valence-electron chi connectivity index (χ2n) is 12.5. The molecule has 1 saturated carbocycles. The molecule has 1 saturated heterocycles. The Hall–Kier alpha value is -2.80. The van der Waals surface area contributed by atoms with E-state index in [1.807, 2.05) is 0 Å². The molecule has 15 heteroatoms. The first kappa shape index (κ1) is 38.0. The summed E-state index contributed by atoms with van der Waals surface area (Å²) in [6.07, 6.45) is -12.1. The Labute approximate surface area is 278 Å². The minimum Gasteiger partial charge on any atom is -0.504 e. The van der Waals surface area contributed by atoms with Gasteiger partial charge in [-0.25, -0.2) is 0 Å². The predicted molar refractivity (Wildman–Crippen MR) is 166 cm³/mol. The van der Waals surface area contributed by atoms with Crippen molar-refractivity contribution in [1.29, 1.82) is 0 Å². The molecule has 270 valence electrons. The van der Waals surface area contributed by atoms with Gasteiger partial charge in [0.25, 0.3) is 0 Å². The molecule has 0 aromatic heterocycles. The van der Waals surface area contributed by atoms with E-state index >= 15 is 0 Å². The Bertz CT molecular complexity index is 1190. The third-order valence-electron chi connectivity index (χ3n) is 9.33. The molecule has 1 heterocycles. The summed E-state index contributed by atoms with van der Waals surface area (Å²) < 4.78 is 28.4. The van der Waals surface area contributed by atoms with Gasteiger partial charge in [-0.15, -0.1) is 0 Å². The maximum Gasteiger partial charge on any atom is 0.186 e. The molecule has 1 aliphatic heterocycles. The molecule has 12 atom stereocenters. The van der Waals surface area contributed by atoms with Gasteiger partial charge in [0, 0.05) is 12.5 Å². The summed E-state index contributed by atoms with van der Waals surface area (Å²) in [7, 11) is 2.82. The highest BCUT2D eigenvalue weighted by Crippen LogP contribution is 2.34. The zero-order chi connectivity index (χ0) is 35.1. The van der Waals surface area contributed by atoms with Crippen molar-refractivity contribution in [1.82, 2.24) is 0 Å². The van der Waals surface area contributed by atoms with E-state index in [1.165, 1.54) is 26.4 Å². The van der Waals surface area contributed by atoms with Crippen LogP contribution >= 0.6 is 0 Å². The van der Waals surface area contributed by atoms with Crippen molar-refractivity contribution in [2.24, 2.45) is 17.8 Å². The van der Waals surface area contributed by atoms with Gasteiger partial charge in [-0.05, 0) is 66.5 Å². The van der Waals surface area contributed by atoms with Crippen LogP contribution in [0.3, 0.4) is 0 Å². The minimum atomic E-state index is -1.65. The molecule has 0 bridgehead atoms. The predicted octanol–water partition coefficient (Wildman–Crippen LogP) is -1.57. The standard InChI is InChI=1S/C33H48O15/c1-44-23-9-16(3-5-21(23)36)7-19(14-46-25-11-18(12-34)27(38)30(41)28(25)39)20(8-17-4-6-22(37)24(10-17)45-2)15-47-33-32(43)31(42)29(40)26(13-35)48-33/h3-6,9-10,18-20,25-43H,7-8,11-15H2,1-2H3/t18-,19+,20+,25-,26-,27-,28+,29-,30+,31+,32-,33-/m1/s1. The zero-order valence-electron chi connectivity index (χ0n) is 26.9. The van der Waals surface area contributed by atoms with Crippen molar-refractivity contribution in [2.75, 3.05) is 40.6 Å².